The van der Waals surface area contributed by atoms with Crippen molar-refractivity contribution in [3.8, 4) is 5.75 Å². The number of rotatable bonds is 4. The molecule has 0 radical (unpaired) electrons. The maximum absolute atomic E-state index is 11.8. The first kappa shape index (κ1) is 14.0. The van der Waals surface area contributed by atoms with E-state index in [0.29, 0.717) is 12.4 Å². The lowest BCUT2D eigenvalue weighted by molar-refractivity contribution is -0.0788. The highest BCUT2D eigenvalue weighted by Crippen LogP contribution is 2.16. The number of hydrogen-bond acceptors (Lipinski definition) is 4. The van der Waals surface area contributed by atoms with Gasteiger partial charge in [0.05, 0.1) is 16.8 Å². The highest BCUT2D eigenvalue weighted by molar-refractivity contribution is 5.89. The Morgan fingerprint density at radius 3 is 2.55 bits per heavy atom. The van der Waals surface area contributed by atoms with Crippen LogP contribution in [-0.2, 0) is 11.5 Å². The molecule has 3 rings (SSSR count). The van der Waals surface area contributed by atoms with Gasteiger partial charge < -0.3 is 4.74 Å². The van der Waals surface area contributed by atoms with Gasteiger partial charge in [-0.3, -0.25) is 0 Å². The number of carbonyl (C=O) groups is 1. The van der Waals surface area contributed by atoms with Crippen LogP contribution in [0.5, 0.6) is 5.75 Å². The number of ether oxygens (including phenoxy) is 1. The molecule has 3 aromatic rings. The van der Waals surface area contributed by atoms with Crippen LogP contribution >= 0.6 is 0 Å². The van der Waals surface area contributed by atoms with Crippen LogP contribution in [0.15, 0.2) is 60.7 Å². The lowest BCUT2D eigenvalue weighted by Gasteiger charge is -2.07. The second kappa shape index (κ2) is 6.22. The van der Waals surface area contributed by atoms with Gasteiger partial charge in [-0.1, -0.05) is 24.3 Å². The van der Waals surface area contributed by atoms with Gasteiger partial charge in [-0.25, -0.2) is 14.7 Å². The van der Waals surface area contributed by atoms with E-state index >= 15 is 0 Å². The van der Waals surface area contributed by atoms with E-state index in [1.165, 1.54) is 12.1 Å². The number of nitrogens with zero attached hydrogens (tertiary/aromatic N) is 1. The summed E-state index contributed by atoms with van der Waals surface area (Å²) >= 11 is 0. The van der Waals surface area contributed by atoms with Crippen molar-refractivity contribution in [2.45, 2.75) is 6.61 Å². The molecule has 0 N–H and O–H groups in total. The van der Waals surface area contributed by atoms with Gasteiger partial charge in [-0.05, 0) is 36.4 Å². The van der Waals surface area contributed by atoms with Crippen molar-refractivity contribution in [1.29, 1.82) is 0 Å². The van der Waals surface area contributed by atoms with E-state index in [1.807, 2.05) is 36.4 Å². The summed E-state index contributed by atoms with van der Waals surface area (Å²) in [6, 6.07) is 17.7. The molecule has 2 aromatic carbocycles. The molecular formula is C17H12FNO3. The molecule has 4 nitrogen and oxygen atoms in total. The monoisotopic (exact) mass is 297 g/mol. The van der Waals surface area contributed by atoms with Crippen LogP contribution in [-0.4, -0.2) is 11.0 Å². The molecule has 22 heavy (non-hydrogen) atoms. The molecule has 0 saturated carbocycles. The summed E-state index contributed by atoms with van der Waals surface area (Å²) in [6.07, 6.45) is 0. The van der Waals surface area contributed by atoms with E-state index in [2.05, 4.69) is 9.93 Å². The molecule has 1 heterocycles. The fourth-order valence-corrected chi connectivity index (χ4v) is 2.08. The maximum Gasteiger partial charge on any atom is 0.379 e. The van der Waals surface area contributed by atoms with Crippen molar-refractivity contribution in [3.05, 3.63) is 71.9 Å². The molecule has 1 aromatic heterocycles. The zero-order valence-electron chi connectivity index (χ0n) is 11.5. The Hall–Kier alpha value is -2.95. The quantitative estimate of drug-likeness (QED) is 0.733. The predicted octanol–water partition coefficient (Wildman–Crippen LogP) is 3.86. The highest BCUT2D eigenvalue weighted by atomic mass is 19.3. The van der Waals surface area contributed by atoms with Crippen LogP contribution in [0, 0.1) is 0 Å². The number of aromatic nitrogens is 1. The summed E-state index contributed by atoms with van der Waals surface area (Å²) in [5, 5.41) is 1.07. The summed E-state index contributed by atoms with van der Waals surface area (Å²) in [6.45, 7) is 0.303. The van der Waals surface area contributed by atoms with Gasteiger partial charge in [-0.2, -0.15) is 0 Å². The maximum atomic E-state index is 11.8. The lowest BCUT2D eigenvalue weighted by atomic mass is 10.2. The molecule has 5 heteroatoms. The SMILES string of the molecule is O=C(OF)c1ccc(OCc2ccc3ccccc3n2)cc1. The second-order valence-electron chi connectivity index (χ2n) is 4.67. The molecule has 0 fully saturated rings. The molecule has 0 bridgehead atoms. The zero-order chi connectivity index (χ0) is 15.4. The van der Waals surface area contributed by atoms with E-state index < -0.39 is 5.97 Å². The molecule has 0 spiro atoms. The largest absolute Gasteiger partial charge is 0.487 e. The number of hydrogen-bond donors (Lipinski definition) is 0. The van der Waals surface area contributed by atoms with Crippen molar-refractivity contribution >= 4 is 16.9 Å². The van der Waals surface area contributed by atoms with Crippen LogP contribution < -0.4 is 4.74 Å². The first-order chi connectivity index (χ1) is 10.8. The highest BCUT2D eigenvalue weighted by Gasteiger charge is 2.07. The normalized spacial score (nSPS) is 10.4. The first-order valence-electron chi connectivity index (χ1n) is 6.67. The van der Waals surface area contributed by atoms with E-state index in [9.17, 15) is 9.32 Å². The van der Waals surface area contributed by atoms with Crippen molar-refractivity contribution in [2.24, 2.45) is 0 Å². The Morgan fingerprint density at radius 2 is 1.77 bits per heavy atom. The molecule has 0 aliphatic rings. The Balaban J connectivity index is 1.69. The summed E-state index contributed by atoms with van der Waals surface area (Å²) in [5.41, 5.74) is 1.83. The first-order valence-corrected chi connectivity index (χ1v) is 6.67. The number of pyridine rings is 1. The fraction of sp³-hybridized carbons (Fsp3) is 0.0588. The van der Waals surface area contributed by atoms with Gasteiger partial charge in [0.25, 0.3) is 0 Å². The van der Waals surface area contributed by atoms with Crippen molar-refractivity contribution < 1.29 is 19.0 Å². The van der Waals surface area contributed by atoms with Crippen molar-refractivity contribution in [1.82, 2.24) is 4.98 Å². The number of halogens is 1. The van der Waals surface area contributed by atoms with Gasteiger partial charge in [0, 0.05) is 9.91 Å². The van der Waals surface area contributed by atoms with Crippen molar-refractivity contribution in [3.63, 3.8) is 0 Å². The summed E-state index contributed by atoms with van der Waals surface area (Å²) in [5.74, 6) is -0.465. The molecule has 0 aliphatic heterocycles. The standard InChI is InChI=1S/C17H12FNO3/c18-22-17(20)13-6-9-15(10-7-13)21-11-14-8-5-12-3-1-2-4-16(12)19-14/h1-10H,11H2. The average molecular weight is 297 g/mol. The Kier molecular flexibility index (Phi) is 3.96. The molecule has 0 saturated heterocycles. The van der Waals surface area contributed by atoms with E-state index in [4.69, 9.17) is 4.74 Å². The number of benzene rings is 2. The van der Waals surface area contributed by atoms with Gasteiger partial charge in [0.2, 0.25) is 0 Å². The molecule has 0 unspecified atom stereocenters. The van der Waals surface area contributed by atoms with Crippen LogP contribution in [0.2, 0.25) is 0 Å². The number of carbonyl (C=O) groups excluding carboxylic acids is 1. The van der Waals surface area contributed by atoms with E-state index in [-0.39, 0.29) is 5.56 Å². The molecule has 0 atom stereocenters. The number of fused-ring (bicyclic) bond motifs is 1. The fourth-order valence-electron chi connectivity index (χ4n) is 2.08. The van der Waals surface area contributed by atoms with Crippen LogP contribution in [0.25, 0.3) is 10.9 Å². The third kappa shape index (κ3) is 3.03. The summed E-state index contributed by atoms with van der Waals surface area (Å²) in [7, 11) is 0. The van der Waals surface area contributed by atoms with Gasteiger partial charge in [0.1, 0.15) is 12.4 Å². The zero-order valence-corrected chi connectivity index (χ0v) is 11.5. The molecule has 110 valence electrons. The minimum Gasteiger partial charge on any atom is -0.487 e. The van der Waals surface area contributed by atoms with Crippen LogP contribution in [0.4, 0.5) is 4.53 Å². The minimum atomic E-state index is -1.03. The predicted molar refractivity (Wildman–Crippen MR) is 79.0 cm³/mol. The summed E-state index contributed by atoms with van der Waals surface area (Å²) in [4.78, 5) is 18.6. The molecule has 0 aliphatic carbocycles. The smallest absolute Gasteiger partial charge is 0.379 e. The Morgan fingerprint density at radius 1 is 1.00 bits per heavy atom. The Labute approximate surface area is 126 Å². The third-order valence-corrected chi connectivity index (χ3v) is 3.20. The molecule has 0 amide bonds. The van der Waals surface area contributed by atoms with E-state index in [1.54, 1.807) is 12.1 Å². The molecular weight excluding hydrogens is 285 g/mol. The van der Waals surface area contributed by atoms with Gasteiger partial charge in [0.15, 0.2) is 0 Å². The van der Waals surface area contributed by atoms with Gasteiger partial charge >= 0.3 is 5.97 Å². The topological polar surface area (TPSA) is 48.4 Å². The van der Waals surface area contributed by atoms with Crippen molar-refractivity contribution in [2.75, 3.05) is 0 Å². The Bertz CT molecular complexity index is 802. The van der Waals surface area contributed by atoms with E-state index in [0.717, 1.165) is 16.6 Å². The lowest BCUT2D eigenvalue weighted by Crippen LogP contribution is -2.00. The number of para-hydroxylation sites is 1. The van der Waals surface area contributed by atoms with Gasteiger partial charge in [-0.15, -0.1) is 0 Å². The third-order valence-electron chi connectivity index (χ3n) is 3.20. The van der Waals surface area contributed by atoms with Crippen LogP contribution in [0.1, 0.15) is 16.1 Å². The second-order valence-corrected chi connectivity index (χ2v) is 4.67. The minimum absolute atomic E-state index is 0.124. The summed E-state index contributed by atoms with van der Waals surface area (Å²) < 4.78 is 17.4. The average Bonchev–Trinajstić information content (AvgIpc) is 2.59. The van der Waals surface area contributed by atoms with Crippen LogP contribution in [0.3, 0.4) is 0 Å².